The zero-order chi connectivity index (χ0) is 15.8. The van der Waals surface area contributed by atoms with Gasteiger partial charge in [-0.2, -0.15) is 0 Å². The predicted octanol–water partition coefficient (Wildman–Crippen LogP) is 4.44. The van der Waals surface area contributed by atoms with Gasteiger partial charge in [0, 0.05) is 12.8 Å². The molecule has 114 valence electrons. The molecule has 0 saturated heterocycles. The molecule has 0 unspecified atom stereocenters. The summed E-state index contributed by atoms with van der Waals surface area (Å²) in [4.78, 5) is 17.8. The molecule has 0 aliphatic rings. The van der Waals surface area contributed by atoms with Gasteiger partial charge < -0.3 is 0 Å². The third-order valence-corrected chi connectivity index (χ3v) is 5.79. The normalized spacial score (nSPS) is 11.3. The van der Waals surface area contributed by atoms with E-state index in [1.165, 1.54) is 27.7 Å². The Morgan fingerprint density at radius 1 is 1.09 bits per heavy atom. The van der Waals surface area contributed by atoms with Crippen molar-refractivity contribution in [3.05, 3.63) is 69.8 Å². The Labute approximate surface area is 141 Å². The van der Waals surface area contributed by atoms with Crippen LogP contribution >= 0.6 is 23.1 Å². The number of benzene rings is 2. The van der Waals surface area contributed by atoms with Crippen molar-refractivity contribution in [3.63, 3.8) is 0 Å². The van der Waals surface area contributed by atoms with Crippen molar-refractivity contribution in [2.45, 2.75) is 10.9 Å². The van der Waals surface area contributed by atoms with Gasteiger partial charge in [0.25, 0.3) is 5.56 Å². The maximum atomic E-state index is 12.4. The Morgan fingerprint density at radius 2 is 1.91 bits per heavy atom. The SMILES string of the molecule is Cn1c(SCc2cccc3ccccc23)nc2sccc2c1=O. The molecular formula is C18H14N2OS2. The van der Waals surface area contributed by atoms with Crippen LogP contribution in [0.5, 0.6) is 0 Å². The average Bonchev–Trinajstić information content (AvgIpc) is 3.05. The van der Waals surface area contributed by atoms with Crippen LogP contribution in [0.15, 0.2) is 63.9 Å². The highest BCUT2D eigenvalue weighted by molar-refractivity contribution is 7.98. The number of hydrogen-bond acceptors (Lipinski definition) is 4. The monoisotopic (exact) mass is 338 g/mol. The van der Waals surface area contributed by atoms with Gasteiger partial charge in [-0.1, -0.05) is 54.2 Å². The number of nitrogens with zero attached hydrogens (tertiary/aromatic N) is 2. The fourth-order valence-corrected chi connectivity index (χ4v) is 4.45. The lowest BCUT2D eigenvalue weighted by Crippen LogP contribution is -2.19. The van der Waals surface area contributed by atoms with Crippen molar-refractivity contribution in [3.8, 4) is 0 Å². The van der Waals surface area contributed by atoms with Crippen molar-refractivity contribution >= 4 is 44.1 Å². The molecular weight excluding hydrogens is 324 g/mol. The van der Waals surface area contributed by atoms with Gasteiger partial charge >= 0.3 is 0 Å². The second-order valence-electron chi connectivity index (χ2n) is 5.32. The van der Waals surface area contributed by atoms with E-state index in [9.17, 15) is 4.79 Å². The summed E-state index contributed by atoms with van der Waals surface area (Å²) in [5, 5.41) is 5.87. The Kier molecular flexibility index (Phi) is 3.67. The topological polar surface area (TPSA) is 34.9 Å². The molecule has 0 spiro atoms. The molecule has 2 aromatic carbocycles. The number of thiophene rings is 1. The van der Waals surface area contributed by atoms with Gasteiger partial charge in [0.1, 0.15) is 4.83 Å². The van der Waals surface area contributed by atoms with Crippen molar-refractivity contribution in [2.75, 3.05) is 0 Å². The molecule has 23 heavy (non-hydrogen) atoms. The molecule has 4 rings (SSSR count). The maximum absolute atomic E-state index is 12.4. The van der Waals surface area contributed by atoms with Crippen LogP contribution in [-0.2, 0) is 12.8 Å². The third-order valence-electron chi connectivity index (χ3n) is 3.90. The van der Waals surface area contributed by atoms with Crippen molar-refractivity contribution in [1.29, 1.82) is 0 Å². The van der Waals surface area contributed by atoms with Crippen LogP contribution in [0.25, 0.3) is 21.0 Å². The summed E-state index contributed by atoms with van der Waals surface area (Å²) < 4.78 is 1.64. The first-order chi connectivity index (χ1) is 11.2. The standard InChI is InChI=1S/C18H14N2OS2/c1-20-17(21)15-9-10-22-16(15)19-18(20)23-11-13-7-4-6-12-5-2-3-8-14(12)13/h2-10H,11H2,1H3. The van der Waals surface area contributed by atoms with Gasteiger partial charge in [0.15, 0.2) is 5.16 Å². The van der Waals surface area contributed by atoms with Crippen LogP contribution in [0.1, 0.15) is 5.56 Å². The van der Waals surface area contributed by atoms with E-state index in [-0.39, 0.29) is 5.56 Å². The van der Waals surface area contributed by atoms with E-state index >= 15 is 0 Å². The van der Waals surface area contributed by atoms with Gasteiger partial charge in [0.05, 0.1) is 5.39 Å². The fourth-order valence-electron chi connectivity index (χ4n) is 2.67. The molecule has 0 fully saturated rings. The summed E-state index contributed by atoms with van der Waals surface area (Å²) in [6.07, 6.45) is 0. The number of fused-ring (bicyclic) bond motifs is 2. The largest absolute Gasteiger partial charge is 0.290 e. The second-order valence-corrected chi connectivity index (χ2v) is 7.16. The number of aromatic nitrogens is 2. The van der Waals surface area contributed by atoms with E-state index in [2.05, 4.69) is 47.4 Å². The zero-order valence-electron chi connectivity index (χ0n) is 12.5. The van der Waals surface area contributed by atoms with E-state index in [1.54, 1.807) is 23.4 Å². The van der Waals surface area contributed by atoms with Crippen LogP contribution in [0.3, 0.4) is 0 Å². The molecule has 0 saturated carbocycles. The Bertz CT molecular complexity index is 1060. The molecule has 0 N–H and O–H groups in total. The minimum absolute atomic E-state index is 0.0247. The van der Waals surface area contributed by atoms with Crippen molar-refractivity contribution < 1.29 is 0 Å². The van der Waals surface area contributed by atoms with Crippen molar-refractivity contribution in [2.24, 2.45) is 7.05 Å². The number of thioether (sulfide) groups is 1. The zero-order valence-corrected chi connectivity index (χ0v) is 14.2. The van der Waals surface area contributed by atoms with E-state index in [4.69, 9.17) is 0 Å². The molecule has 0 bridgehead atoms. The predicted molar refractivity (Wildman–Crippen MR) is 98.4 cm³/mol. The summed E-state index contributed by atoms with van der Waals surface area (Å²) in [5.41, 5.74) is 1.28. The summed E-state index contributed by atoms with van der Waals surface area (Å²) >= 11 is 3.12. The Balaban J connectivity index is 1.71. The highest BCUT2D eigenvalue weighted by Gasteiger charge is 2.10. The molecule has 3 nitrogen and oxygen atoms in total. The van der Waals surface area contributed by atoms with Gasteiger partial charge in [-0.05, 0) is 27.8 Å². The summed E-state index contributed by atoms with van der Waals surface area (Å²) in [6.45, 7) is 0. The summed E-state index contributed by atoms with van der Waals surface area (Å²) in [6, 6.07) is 16.5. The summed E-state index contributed by atoms with van der Waals surface area (Å²) in [7, 11) is 1.79. The number of rotatable bonds is 3. The first-order valence-electron chi connectivity index (χ1n) is 7.28. The molecule has 2 heterocycles. The van der Waals surface area contributed by atoms with Crippen molar-refractivity contribution in [1.82, 2.24) is 9.55 Å². The van der Waals surface area contributed by atoms with E-state index in [1.807, 2.05) is 11.4 Å². The minimum Gasteiger partial charge on any atom is -0.290 e. The van der Waals surface area contributed by atoms with Crippen LogP contribution in [0.2, 0.25) is 0 Å². The Morgan fingerprint density at radius 3 is 2.83 bits per heavy atom. The molecule has 2 aromatic heterocycles. The van der Waals surface area contributed by atoms with E-state index in [0.29, 0.717) is 5.39 Å². The first kappa shape index (κ1) is 14.5. The molecule has 4 aromatic rings. The quantitative estimate of drug-likeness (QED) is 0.409. The van der Waals surface area contributed by atoms with Crippen LogP contribution < -0.4 is 5.56 Å². The van der Waals surface area contributed by atoms with Gasteiger partial charge in [-0.15, -0.1) is 11.3 Å². The van der Waals surface area contributed by atoms with E-state index in [0.717, 1.165) is 15.7 Å². The lowest BCUT2D eigenvalue weighted by molar-refractivity contribution is 0.728. The molecule has 0 aliphatic carbocycles. The summed E-state index contributed by atoms with van der Waals surface area (Å²) in [5.74, 6) is 0.790. The lowest BCUT2D eigenvalue weighted by Gasteiger charge is -2.09. The number of hydrogen-bond donors (Lipinski definition) is 0. The second kappa shape index (κ2) is 5.83. The van der Waals surface area contributed by atoms with Gasteiger partial charge in [0.2, 0.25) is 0 Å². The van der Waals surface area contributed by atoms with Gasteiger partial charge in [-0.3, -0.25) is 9.36 Å². The molecule has 0 amide bonds. The molecule has 0 aliphatic heterocycles. The third kappa shape index (κ3) is 2.56. The fraction of sp³-hybridized carbons (Fsp3) is 0.111. The highest BCUT2D eigenvalue weighted by Crippen LogP contribution is 2.27. The smallest absolute Gasteiger partial charge is 0.262 e. The minimum atomic E-state index is 0.0247. The molecule has 0 atom stereocenters. The lowest BCUT2D eigenvalue weighted by atomic mass is 10.1. The van der Waals surface area contributed by atoms with Crippen LogP contribution in [0, 0.1) is 0 Å². The van der Waals surface area contributed by atoms with Crippen LogP contribution in [-0.4, -0.2) is 9.55 Å². The Hall–Kier alpha value is -2.11. The van der Waals surface area contributed by atoms with Gasteiger partial charge in [-0.25, -0.2) is 4.98 Å². The molecule has 5 heteroatoms. The highest BCUT2D eigenvalue weighted by atomic mass is 32.2. The average molecular weight is 338 g/mol. The first-order valence-corrected chi connectivity index (χ1v) is 9.14. The maximum Gasteiger partial charge on any atom is 0.262 e. The van der Waals surface area contributed by atoms with E-state index < -0.39 is 0 Å². The van der Waals surface area contributed by atoms with Crippen LogP contribution in [0.4, 0.5) is 0 Å². The molecule has 0 radical (unpaired) electrons.